The Hall–Kier alpha value is -0.680. The zero-order valence-corrected chi connectivity index (χ0v) is 12.1. The van der Waals surface area contributed by atoms with Crippen molar-refractivity contribution in [1.82, 2.24) is 0 Å². The molecule has 0 aliphatic heterocycles. The van der Waals surface area contributed by atoms with Crippen LogP contribution in [-0.4, -0.2) is 17.0 Å². The first-order chi connectivity index (χ1) is 9.45. The van der Waals surface area contributed by atoms with Crippen molar-refractivity contribution in [2.24, 2.45) is 5.73 Å². The lowest BCUT2D eigenvalue weighted by molar-refractivity contribution is -0.137. The molecule has 1 atom stereocenters. The van der Waals surface area contributed by atoms with E-state index >= 15 is 0 Å². The van der Waals surface area contributed by atoms with E-state index in [2.05, 4.69) is 0 Å². The number of halogens is 3. The van der Waals surface area contributed by atoms with Crippen molar-refractivity contribution in [3.8, 4) is 0 Å². The summed E-state index contributed by atoms with van der Waals surface area (Å²) >= 11 is 1.87. The Balaban J connectivity index is 1.85. The van der Waals surface area contributed by atoms with Crippen molar-refractivity contribution in [3.63, 3.8) is 0 Å². The van der Waals surface area contributed by atoms with Crippen molar-refractivity contribution in [2.45, 2.75) is 49.6 Å². The fraction of sp³-hybridized carbons (Fsp3) is 0.600. The molecule has 0 spiro atoms. The molecular formula is C15H20F3NS. The van der Waals surface area contributed by atoms with Crippen LogP contribution < -0.4 is 5.73 Å². The third-order valence-corrected chi connectivity index (χ3v) is 5.16. The van der Waals surface area contributed by atoms with Crippen molar-refractivity contribution in [3.05, 3.63) is 35.4 Å². The number of benzene rings is 1. The van der Waals surface area contributed by atoms with E-state index in [0.29, 0.717) is 17.2 Å². The average molecular weight is 303 g/mol. The Morgan fingerprint density at radius 3 is 2.60 bits per heavy atom. The molecule has 1 nitrogen and oxygen atoms in total. The maximum absolute atomic E-state index is 12.6. The summed E-state index contributed by atoms with van der Waals surface area (Å²) in [6.45, 7) is 0. The minimum Gasteiger partial charge on any atom is -0.327 e. The van der Waals surface area contributed by atoms with E-state index in [1.807, 2.05) is 11.8 Å². The molecular weight excluding hydrogens is 283 g/mol. The van der Waals surface area contributed by atoms with Gasteiger partial charge in [-0.05, 0) is 30.9 Å². The molecule has 1 unspecified atom stereocenters. The van der Waals surface area contributed by atoms with Crippen LogP contribution in [0.2, 0.25) is 0 Å². The molecule has 0 amide bonds. The summed E-state index contributed by atoms with van der Waals surface area (Å²) in [5, 5.41) is 0.697. The maximum atomic E-state index is 12.6. The van der Waals surface area contributed by atoms with Gasteiger partial charge in [0.05, 0.1) is 5.56 Å². The fourth-order valence-corrected chi connectivity index (χ4v) is 3.85. The van der Waals surface area contributed by atoms with E-state index in [9.17, 15) is 13.2 Å². The second kappa shape index (κ2) is 6.85. The monoisotopic (exact) mass is 303 g/mol. The smallest absolute Gasteiger partial charge is 0.327 e. The molecule has 1 fully saturated rings. The topological polar surface area (TPSA) is 26.0 Å². The van der Waals surface area contributed by atoms with E-state index in [4.69, 9.17) is 5.73 Å². The minimum atomic E-state index is -4.28. The number of rotatable bonds is 5. The van der Waals surface area contributed by atoms with E-state index < -0.39 is 11.7 Å². The van der Waals surface area contributed by atoms with Crippen LogP contribution in [0.4, 0.5) is 13.2 Å². The normalized spacial score (nSPS) is 18.4. The maximum Gasteiger partial charge on any atom is 0.416 e. The number of hydrogen-bond donors (Lipinski definition) is 1. The van der Waals surface area contributed by atoms with Crippen LogP contribution in [-0.2, 0) is 12.6 Å². The summed E-state index contributed by atoms with van der Waals surface area (Å²) < 4.78 is 37.9. The van der Waals surface area contributed by atoms with Crippen LogP contribution in [0, 0.1) is 0 Å². The van der Waals surface area contributed by atoms with Crippen LogP contribution in [0.15, 0.2) is 24.3 Å². The van der Waals surface area contributed by atoms with Gasteiger partial charge >= 0.3 is 6.18 Å². The summed E-state index contributed by atoms with van der Waals surface area (Å²) in [7, 11) is 0. The van der Waals surface area contributed by atoms with Crippen molar-refractivity contribution >= 4 is 11.8 Å². The molecule has 112 valence electrons. The van der Waals surface area contributed by atoms with Crippen molar-refractivity contribution in [2.75, 3.05) is 5.75 Å². The summed E-state index contributed by atoms with van der Waals surface area (Å²) in [6, 6.07) is 5.40. The molecule has 0 aromatic heterocycles. The highest BCUT2D eigenvalue weighted by Crippen LogP contribution is 2.31. The number of thioether (sulfide) groups is 1. The largest absolute Gasteiger partial charge is 0.416 e. The lowest BCUT2D eigenvalue weighted by atomic mass is 10.0. The number of alkyl halides is 3. The standard InChI is InChI=1S/C15H20F3NS/c16-15(17,18)12-5-3-4-11(8-12)9-13(19)10-20-14-6-1-2-7-14/h3-5,8,13-14H,1-2,6-7,9-10,19H2. The highest BCUT2D eigenvalue weighted by atomic mass is 32.2. The molecule has 2 rings (SSSR count). The lowest BCUT2D eigenvalue weighted by Gasteiger charge is -2.15. The van der Waals surface area contributed by atoms with Gasteiger partial charge in [-0.15, -0.1) is 0 Å². The van der Waals surface area contributed by atoms with Gasteiger partial charge in [-0.3, -0.25) is 0 Å². The van der Waals surface area contributed by atoms with E-state index in [0.717, 1.165) is 11.8 Å². The third-order valence-electron chi connectivity index (χ3n) is 3.60. The molecule has 20 heavy (non-hydrogen) atoms. The average Bonchev–Trinajstić information content (AvgIpc) is 2.89. The van der Waals surface area contributed by atoms with Crippen LogP contribution in [0.25, 0.3) is 0 Å². The van der Waals surface area contributed by atoms with E-state index in [1.165, 1.54) is 37.8 Å². The Labute approximate surface area is 122 Å². The van der Waals surface area contributed by atoms with Gasteiger partial charge in [0.2, 0.25) is 0 Å². The lowest BCUT2D eigenvalue weighted by Crippen LogP contribution is -2.26. The quantitative estimate of drug-likeness (QED) is 0.880. The molecule has 1 aliphatic rings. The summed E-state index contributed by atoms with van der Waals surface area (Å²) in [5.74, 6) is 0.820. The van der Waals surface area contributed by atoms with Crippen molar-refractivity contribution < 1.29 is 13.2 Å². The zero-order valence-electron chi connectivity index (χ0n) is 11.3. The molecule has 1 aromatic carbocycles. The molecule has 5 heteroatoms. The molecule has 0 bridgehead atoms. The predicted molar refractivity (Wildman–Crippen MR) is 77.8 cm³/mol. The summed E-state index contributed by atoms with van der Waals surface area (Å²) in [4.78, 5) is 0. The van der Waals surface area contributed by atoms with Gasteiger partial charge in [-0.25, -0.2) is 0 Å². The van der Waals surface area contributed by atoms with Gasteiger partial charge < -0.3 is 5.73 Å². The van der Waals surface area contributed by atoms with E-state index in [-0.39, 0.29) is 6.04 Å². The predicted octanol–water partition coefficient (Wildman–Crippen LogP) is 4.25. The second-order valence-electron chi connectivity index (χ2n) is 5.40. The van der Waals surface area contributed by atoms with Gasteiger partial charge in [0.15, 0.2) is 0 Å². The third kappa shape index (κ3) is 4.70. The fourth-order valence-electron chi connectivity index (χ4n) is 2.55. The first-order valence-corrected chi connectivity index (χ1v) is 8.03. The summed E-state index contributed by atoms with van der Waals surface area (Å²) in [5.41, 5.74) is 6.11. The van der Waals surface area contributed by atoms with Gasteiger partial charge in [0.25, 0.3) is 0 Å². The minimum absolute atomic E-state index is 0.0796. The van der Waals surface area contributed by atoms with Gasteiger partial charge in [-0.2, -0.15) is 24.9 Å². The summed E-state index contributed by atoms with van der Waals surface area (Å²) in [6.07, 6.45) is 1.31. The Kier molecular flexibility index (Phi) is 5.38. The van der Waals surface area contributed by atoms with Crippen LogP contribution in [0.1, 0.15) is 36.8 Å². The molecule has 0 saturated heterocycles. The van der Waals surface area contributed by atoms with Gasteiger partial charge in [-0.1, -0.05) is 31.0 Å². The van der Waals surface area contributed by atoms with Crippen molar-refractivity contribution in [1.29, 1.82) is 0 Å². The number of nitrogens with two attached hydrogens (primary N) is 1. The van der Waals surface area contributed by atoms with Gasteiger partial charge in [0.1, 0.15) is 0 Å². The first kappa shape index (κ1) is 15.7. The van der Waals surface area contributed by atoms with Gasteiger partial charge in [0, 0.05) is 17.0 Å². The molecule has 0 heterocycles. The van der Waals surface area contributed by atoms with Crippen LogP contribution in [0.5, 0.6) is 0 Å². The highest BCUT2D eigenvalue weighted by Gasteiger charge is 2.30. The molecule has 0 radical (unpaired) electrons. The SMILES string of the molecule is NC(CSC1CCCC1)Cc1cccc(C(F)(F)F)c1. The molecule has 1 aliphatic carbocycles. The van der Waals surface area contributed by atoms with Crippen LogP contribution >= 0.6 is 11.8 Å². The van der Waals surface area contributed by atoms with Crippen LogP contribution in [0.3, 0.4) is 0 Å². The highest BCUT2D eigenvalue weighted by molar-refractivity contribution is 7.99. The number of hydrogen-bond acceptors (Lipinski definition) is 2. The Morgan fingerprint density at radius 1 is 1.25 bits per heavy atom. The molecule has 2 N–H and O–H groups in total. The Morgan fingerprint density at radius 2 is 1.95 bits per heavy atom. The van der Waals surface area contributed by atoms with E-state index in [1.54, 1.807) is 6.07 Å². The second-order valence-corrected chi connectivity index (χ2v) is 6.74. The first-order valence-electron chi connectivity index (χ1n) is 6.98. The molecule has 1 saturated carbocycles. The molecule has 1 aromatic rings. The zero-order chi connectivity index (χ0) is 14.6. The Bertz CT molecular complexity index is 427.